The molecule has 1 aliphatic rings. The van der Waals surface area contributed by atoms with Crippen molar-refractivity contribution in [2.24, 2.45) is 0 Å². The zero-order valence-corrected chi connectivity index (χ0v) is 15.1. The van der Waals surface area contributed by atoms with E-state index in [0.29, 0.717) is 21.8 Å². The normalized spacial score (nSPS) is 21.7. The molecule has 0 aromatic carbocycles. The highest BCUT2D eigenvalue weighted by molar-refractivity contribution is 9.10. The molecule has 1 aromatic heterocycles. The SMILES string of the molecule is CCO[C@H]1CNCC[C@H]1NC(=O)c1[nH]c(C)c(Cl)c1Br.Cl. The van der Waals surface area contributed by atoms with Crippen LogP contribution in [0.2, 0.25) is 5.02 Å². The van der Waals surface area contributed by atoms with E-state index in [2.05, 4.69) is 31.5 Å². The average molecular weight is 401 g/mol. The third-order valence-corrected chi connectivity index (χ3v) is 4.90. The Labute approximate surface area is 144 Å². The van der Waals surface area contributed by atoms with Crippen LogP contribution in [0.4, 0.5) is 0 Å². The summed E-state index contributed by atoms with van der Waals surface area (Å²) in [6, 6.07) is 0.0120. The topological polar surface area (TPSA) is 66.2 Å². The van der Waals surface area contributed by atoms with Crippen LogP contribution in [0, 0.1) is 6.92 Å². The summed E-state index contributed by atoms with van der Waals surface area (Å²) in [6.45, 7) is 6.05. The van der Waals surface area contributed by atoms with Gasteiger partial charge >= 0.3 is 0 Å². The number of aromatic nitrogens is 1. The number of piperidine rings is 1. The average Bonchev–Trinajstić information content (AvgIpc) is 2.69. The van der Waals surface area contributed by atoms with Gasteiger partial charge in [0.15, 0.2) is 0 Å². The number of aryl methyl sites for hydroxylation is 1. The summed E-state index contributed by atoms with van der Waals surface area (Å²) in [5, 5.41) is 6.84. The van der Waals surface area contributed by atoms with E-state index < -0.39 is 0 Å². The zero-order chi connectivity index (χ0) is 14.7. The van der Waals surface area contributed by atoms with Crippen molar-refractivity contribution in [3.05, 3.63) is 20.9 Å². The van der Waals surface area contributed by atoms with Gasteiger partial charge in [-0.1, -0.05) is 11.6 Å². The van der Waals surface area contributed by atoms with Crippen molar-refractivity contribution in [2.45, 2.75) is 32.4 Å². The monoisotopic (exact) mass is 399 g/mol. The van der Waals surface area contributed by atoms with E-state index in [9.17, 15) is 4.79 Å². The van der Waals surface area contributed by atoms with Gasteiger partial charge in [0.2, 0.25) is 0 Å². The summed E-state index contributed by atoms with van der Waals surface area (Å²) in [4.78, 5) is 15.3. The zero-order valence-electron chi connectivity index (χ0n) is 12.0. The lowest BCUT2D eigenvalue weighted by Crippen LogP contribution is -2.53. The van der Waals surface area contributed by atoms with Gasteiger partial charge in [-0.15, -0.1) is 12.4 Å². The minimum Gasteiger partial charge on any atom is -0.375 e. The molecule has 0 bridgehead atoms. The minimum absolute atomic E-state index is 0. The first-order valence-corrected chi connectivity index (χ1v) is 7.88. The molecule has 3 N–H and O–H groups in total. The van der Waals surface area contributed by atoms with Gasteiger partial charge in [-0.25, -0.2) is 0 Å². The Bertz CT molecular complexity index is 494. The first kappa shape index (κ1) is 18.8. The first-order valence-electron chi connectivity index (χ1n) is 6.71. The molecule has 2 rings (SSSR count). The van der Waals surface area contributed by atoms with Gasteiger partial charge in [0, 0.05) is 18.8 Å². The van der Waals surface area contributed by atoms with Gasteiger partial charge < -0.3 is 20.4 Å². The van der Waals surface area contributed by atoms with Crippen LogP contribution in [0.15, 0.2) is 4.47 Å². The Morgan fingerprint density at radius 1 is 1.57 bits per heavy atom. The number of aromatic amines is 1. The van der Waals surface area contributed by atoms with Crippen molar-refractivity contribution in [1.29, 1.82) is 0 Å². The lowest BCUT2D eigenvalue weighted by molar-refractivity contribution is 0.0208. The molecule has 0 unspecified atom stereocenters. The van der Waals surface area contributed by atoms with E-state index in [0.717, 1.165) is 25.2 Å². The van der Waals surface area contributed by atoms with Crippen molar-refractivity contribution in [3.8, 4) is 0 Å². The predicted molar refractivity (Wildman–Crippen MR) is 89.6 cm³/mol. The smallest absolute Gasteiger partial charge is 0.269 e. The molecule has 1 saturated heterocycles. The molecule has 0 saturated carbocycles. The number of rotatable bonds is 4. The maximum atomic E-state index is 12.3. The second-order valence-electron chi connectivity index (χ2n) is 4.82. The molecule has 1 aliphatic heterocycles. The number of amides is 1. The van der Waals surface area contributed by atoms with Crippen LogP contribution in [0.1, 0.15) is 29.5 Å². The summed E-state index contributed by atoms with van der Waals surface area (Å²) >= 11 is 9.42. The molecule has 21 heavy (non-hydrogen) atoms. The Kier molecular flexibility index (Phi) is 7.50. The van der Waals surface area contributed by atoms with Gasteiger partial charge in [0.05, 0.1) is 21.6 Å². The molecule has 8 heteroatoms. The fourth-order valence-electron chi connectivity index (χ4n) is 2.35. The number of nitrogens with one attached hydrogen (secondary N) is 3. The van der Waals surface area contributed by atoms with Crippen molar-refractivity contribution in [2.75, 3.05) is 19.7 Å². The maximum Gasteiger partial charge on any atom is 0.269 e. The molecular weight excluding hydrogens is 381 g/mol. The fraction of sp³-hybridized carbons (Fsp3) is 0.615. The van der Waals surface area contributed by atoms with E-state index >= 15 is 0 Å². The number of ether oxygens (including phenoxy) is 1. The van der Waals surface area contributed by atoms with Crippen molar-refractivity contribution in [1.82, 2.24) is 15.6 Å². The predicted octanol–water partition coefficient (Wildman–Crippen LogP) is 2.66. The number of hydrogen-bond acceptors (Lipinski definition) is 3. The molecule has 2 atom stereocenters. The standard InChI is InChI=1S/C13H19BrClN3O2.ClH/c1-3-20-9-6-16-5-4-8(9)18-13(19)12-10(14)11(15)7(2)17-12;/h8-9,16-17H,3-6H2,1-2H3,(H,18,19);1H/t8-,9+;/m1./s1. The van der Waals surface area contributed by atoms with E-state index in [-0.39, 0.29) is 30.5 Å². The lowest BCUT2D eigenvalue weighted by Gasteiger charge is -2.32. The summed E-state index contributed by atoms with van der Waals surface area (Å²) in [5.74, 6) is -0.163. The minimum atomic E-state index is -0.163. The van der Waals surface area contributed by atoms with Crippen LogP contribution >= 0.6 is 39.9 Å². The fourth-order valence-corrected chi connectivity index (χ4v) is 3.07. The highest BCUT2D eigenvalue weighted by atomic mass is 79.9. The maximum absolute atomic E-state index is 12.3. The third-order valence-electron chi connectivity index (χ3n) is 3.40. The van der Waals surface area contributed by atoms with E-state index in [1.165, 1.54) is 0 Å². The molecule has 0 radical (unpaired) electrons. The largest absolute Gasteiger partial charge is 0.375 e. The van der Waals surface area contributed by atoms with Crippen LogP contribution in [0.5, 0.6) is 0 Å². The molecule has 5 nitrogen and oxygen atoms in total. The molecule has 1 fully saturated rings. The highest BCUT2D eigenvalue weighted by Gasteiger charge is 2.28. The molecule has 120 valence electrons. The van der Waals surface area contributed by atoms with E-state index in [1.54, 1.807) is 0 Å². The van der Waals surface area contributed by atoms with Crippen molar-refractivity contribution in [3.63, 3.8) is 0 Å². The summed E-state index contributed by atoms with van der Waals surface area (Å²) in [5.41, 5.74) is 1.23. The van der Waals surface area contributed by atoms with Crippen LogP contribution in [-0.4, -0.2) is 42.7 Å². The lowest BCUT2D eigenvalue weighted by atomic mass is 10.0. The first-order chi connectivity index (χ1) is 9.54. The van der Waals surface area contributed by atoms with Gasteiger partial charge in [-0.05, 0) is 42.7 Å². The Balaban J connectivity index is 0.00000220. The molecule has 2 heterocycles. The summed E-state index contributed by atoms with van der Waals surface area (Å²) in [7, 11) is 0. The van der Waals surface area contributed by atoms with Crippen molar-refractivity contribution < 1.29 is 9.53 Å². The third kappa shape index (κ3) is 4.36. The second kappa shape index (κ2) is 8.39. The Morgan fingerprint density at radius 3 is 2.86 bits per heavy atom. The summed E-state index contributed by atoms with van der Waals surface area (Å²) < 4.78 is 6.27. The number of carbonyl (C=O) groups is 1. The molecular formula is C13H20BrCl2N3O2. The van der Waals surface area contributed by atoms with E-state index in [4.69, 9.17) is 16.3 Å². The number of carbonyl (C=O) groups excluding carboxylic acids is 1. The number of H-pyrrole nitrogens is 1. The van der Waals surface area contributed by atoms with Gasteiger partial charge in [0.25, 0.3) is 5.91 Å². The van der Waals surface area contributed by atoms with Gasteiger partial charge in [0.1, 0.15) is 5.69 Å². The summed E-state index contributed by atoms with van der Waals surface area (Å²) in [6.07, 6.45) is 0.851. The second-order valence-corrected chi connectivity index (χ2v) is 5.99. The molecule has 0 spiro atoms. The quantitative estimate of drug-likeness (QED) is 0.727. The van der Waals surface area contributed by atoms with Crippen LogP contribution in [-0.2, 0) is 4.74 Å². The van der Waals surface area contributed by atoms with Crippen LogP contribution in [0.3, 0.4) is 0 Å². The van der Waals surface area contributed by atoms with Gasteiger partial charge in [-0.3, -0.25) is 4.79 Å². The van der Waals surface area contributed by atoms with Gasteiger partial charge in [-0.2, -0.15) is 0 Å². The molecule has 1 amide bonds. The van der Waals surface area contributed by atoms with Crippen LogP contribution < -0.4 is 10.6 Å². The highest BCUT2D eigenvalue weighted by Crippen LogP contribution is 2.29. The van der Waals surface area contributed by atoms with E-state index in [1.807, 2.05) is 13.8 Å². The van der Waals surface area contributed by atoms with Crippen LogP contribution in [0.25, 0.3) is 0 Å². The molecule has 0 aliphatic carbocycles. The Hall–Kier alpha value is -0.270. The van der Waals surface area contributed by atoms with Crippen molar-refractivity contribution >= 4 is 45.8 Å². The Morgan fingerprint density at radius 2 is 2.29 bits per heavy atom. The molecule has 1 aromatic rings. The number of hydrogen-bond donors (Lipinski definition) is 3. The number of halogens is 3.